The highest BCUT2D eigenvalue weighted by atomic mass is 79.9. The maximum atomic E-state index is 6.40. The lowest BCUT2D eigenvalue weighted by Crippen LogP contribution is -2.44. The van der Waals surface area contributed by atoms with Gasteiger partial charge >= 0.3 is 0 Å². The van der Waals surface area contributed by atoms with Crippen LogP contribution in [0.4, 0.5) is 0 Å². The summed E-state index contributed by atoms with van der Waals surface area (Å²) in [4.78, 5) is 10.8. The SMILES string of the molecule is CCC(CC(C)(C)OC)C1CC2(N=C(N)N(C)O2)c2cc(Br)ccc2O1. The van der Waals surface area contributed by atoms with Gasteiger partial charge in [-0.1, -0.05) is 22.9 Å². The quantitative estimate of drug-likeness (QED) is 0.776. The highest BCUT2D eigenvalue weighted by molar-refractivity contribution is 9.10. The van der Waals surface area contributed by atoms with Gasteiger partial charge in [-0.2, -0.15) is 0 Å². The number of nitrogens with two attached hydrogens (primary N) is 1. The van der Waals surface area contributed by atoms with Crippen molar-refractivity contribution in [3.63, 3.8) is 0 Å². The molecule has 2 heterocycles. The number of benzene rings is 1. The summed E-state index contributed by atoms with van der Waals surface area (Å²) in [5.74, 6) is 1.48. The highest BCUT2D eigenvalue weighted by Crippen LogP contribution is 2.48. The zero-order chi connectivity index (χ0) is 19.1. The maximum absolute atomic E-state index is 6.40. The average Bonchev–Trinajstić information content (AvgIpc) is 2.87. The summed E-state index contributed by atoms with van der Waals surface area (Å²) < 4.78 is 13.0. The van der Waals surface area contributed by atoms with Crippen LogP contribution in [0.1, 0.15) is 45.6 Å². The van der Waals surface area contributed by atoms with E-state index in [0.29, 0.717) is 18.3 Å². The molecule has 0 aliphatic carbocycles. The fourth-order valence-electron chi connectivity index (χ4n) is 3.76. The third-order valence-electron chi connectivity index (χ3n) is 5.38. The van der Waals surface area contributed by atoms with Gasteiger partial charge in [0, 0.05) is 25.1 Å². The number of hydroxylamine groups is 2. The molecule has 1 spiro atoms. The lowest BCUT2D eigenvalue weighted by Gasteiger charge is -2.41. The van der Waals surface area contributed by atoms with E-state index in [-0.39, 0.29) is 11.7 Å². The summed E-state index contributed by atoms with van der Waals surface area (Å²) in [5.41, 5.74) is 5.88. The second-order valence-electron chi connectivity index (χ2n) is 7.68. The van der Waals surface area contributed by atoms with E-state index in [9.17, 15) is 0 Å². The lowest BCUT2D eigenvalue weighted by molar-refractivity contribution is -0.195. The first-order chi connectivity index (χ1) is 12.2. The van der Waals surface area contributed by atoms with Crippen LogP contribution in [0.2, 0.25) is 0 Å². The molecule has 0 aromatic heterocycles. The molecule has 144 valence electrons. The summed E-state index contributed by atoms with van der Waals surface area (Å²) in [6, 6.07) is 5.94. The van der Waals surface area contributed by atoms with E-state index in [2.05, 4.69) is 36.7 Å². The Labute approximate surface area is 163 Å². The molecule has 0 amide bonds. The van der Waals surface area contributed by atoms with Gasteiger partial charge in [-0.05, 0) is 50.8 Å². The van der Waals surface area contributed by atoms with E-state index in [1.165, 1.54) is 5.06 Å². The second kappa shape index (κ2) is 7.02. The Hall–Kier alpha value is -1.31. The van der Waals surface area contributed by atoms with Crippen molar-refractivity contribution in [1.82, 2.24) is 5.06 Å². The predicted molar refractivity (Wildman–Crippen MR) is 105 cm³/mol. The van der Waals surface area contributed by atoms with Gasteiger partial charge in [-0.25, -0.2) is 14.9 Å². The third kappa shape index (κ3) is 3.57. The van der Waals surface area contributed by atoms with Crippen LogP contribution in [-0.2, 0) is 15.3 Å². The van der Waals surface area contributed by atoms with Gasteiger partial charge in [0.1, 0.15) is 11.9 Å². The van der Waals surface area contributed by atoms with Crippen LogP contribution in [0.5, 0.6) is 5.75 Å². The Bertz CT molecular complexity index is 709. The van der Waals surface area contributed by atoms with Crippen molar-refractivity contribution in [2.45, 2.75) is 57.5 Å². The summed E-state index contributed by atoms with van der Waals surface area (Å²) in [6.45, 7) is 6.40. The molecule has 2 N–H and O–H groups in total. The summed E-state index contributed by atoms with van der Waals surface area (Å²) in [6.07, 6.45) is 2.45. The van der Waals surface area contributed by atoms with Gasteiger partial charge in [0.15, 0.2) is 0 Å². The molecule has 1 aromatic carbocycles. The van der Waals surface area contributed by atoms with Crippen LogP contribution < -0.4 is 10.5 Å². The number of methoxy groups -OCH3 is 1. The van der Waals surface area contributed by atoms with E-state index in [1.54, 1.807) is 14.2 Å². The van der Waals surface area contributed by atoms with E-state index >= 15 is 0 Å². The minimum atomic E-state index is -0.842. The Morgan fingerprint density at radius 2 is 2.23 bits per heavy atom. The Morgan fingerprint density at radius 1 is 1.50 bits per heavy atom. The molecule has 2 aliphatic heterocycles. The topological polar surface area (TPSA) is 69.3 Å². The molecule has 3 rings (SSSR count). The van der Waals surface area contributed by atoms with Gasteiger partial charge in [-0.15, -0.1) is 0 Å². The minimum Gasteiger partial charge on any atom is -0.489 e. The first-order valence-corrected chi connectivity index (χ1v) is 9.79. The van der Waals surface area contributed by atoms with Crippen molar-refractivity contribution in [2.75, 3.05) is 14.2 Å². The van der Waals surface area contributed by atoms with Crippen molar-refractivity contribution in [2.24, 2.45) is 16.6 Å². The maximum Gasteiger partial charge on any atom is 0.221 e. The van der Waals surface area contributed by atoms with Gasteiger partial charge in [0.2, 0.25) is 11.7 Å². The molecule has 3 unspecified atom stereocenters. The molecule has 0 bridgehead atoms. The fraction of sp³-hybridized carbons (Fsp3) is 0.632. The van der Waals surface area contributed by atoms with E-state index in [0.717, 1.165) is 28.6 Å². The van der Waals surface area contributed by atoms with Crippen LogP contribution in [0.25, 0.3) is 0 Å². The number of guanidine groups is 1. The molecule has 3 atom stereocenters. The van der Waals surface area contributed by atoms with E-state index in [1.807, 2.05) is 18.2 Å². The number of rotatable bonds is 5. The molecule has 0 radical (unpaired) electrons. The Kier molecular flexibility index (Phi) is 5.25. The second-order valence-corrected chi connectivity index (χ2v) is 8.60. The molecule has 2 aliphatic rings. The third-order valence-corrected chi connectivity index (χ3v) is 5.87. The summed E-state index contributed by atoms with van der Waals surface area (Å²) >= 11 is 3.54. The van der Waals surface area contributed by atoms with Gasteiger partial charge in [-0.3, -0.25) is 0 Å². The van der Waals surface area contributed by atoms with E-state index < -0.39 is 5.72 Å². The molecule has 0 saturated heterocycles. The summed E-state index contributed by atoms with van der Waals surface area (Å²) in [7, 11) is 3.53. The molecule has 0 fully saturated rings. The largest absolute Gasteiger partial charge is 0.489 e. The zero-order valence-electron chi connectivity index (χ0n) is 16.1. The molecule has 26 heavy (non-hydrogen) atoms. The molecule has 6 nitrogen and oxygen atoms in total. The predicted octanol–water partition coefficient (Wildman–Crippen LogP) is 3.79. The van der Waals surface area contributed by atoms with Crippen molar-refractivity contribution in [1.29, 1.82) is 0 Å². The van der Waals surface area contributed by atoms with Crippen molar-refractivity contribution in [3.8, 4) is 5.75 Å². The molecular formula is C19H28BrN3O3. The molecular weight excluding hydrogens is 398 g/mol. The highest BCUT2D eigenvalue weighted by Gasteiger charge is 2.50. The number of hydrogen-bond acceptors (Lipinski definition) is 6. The zero-order valence-corrected chi connectivity index (χ0v) is 17.7. The molecule has 0 saturated carbocycles. The minimum absolute atomic E-state index is 0.0360. The van der Waals surface area contributed by atoms with Gasteiger partial charge < -0.3 is 15.2 Å². The van der Waals surface area contributed by atoms with Gasteiger partial charge in [0.25, 0.3) is 0 Å². The van der Waals surface area contributed by atoms with Crippen molar-refractivity contribution < 1.29 is 14.3 Å². The smallest absolute Gasteiger partial charge is 0.221 e. The van der Waals surface area contributed by atoms with Crippen molar-refractivity contribution in [3.05, 3.63) is 28.2 Å². The van der Waals surface area contributed by atoms with Crippen molar-refractivity contribution >= 4 is 21.9 Å². The Balaban J connectivity index is 1.98. The van der Waals surface area contributed by atoms with E-state index in [4.69, 9.17) is 25.0 Å². The first-order valence-electron chi connectivity index (χ1n) is 8.99. The van der Waals surface area contributed by atoms with Crippen LogP contribution in [-0.4, -0.2) is 36.9 Å². The fourth-order valence-corrected chi connectivity index (χ4v) is 4.12. The molecule has 7 heteroatoms. The number of nitrogens with zero attached hydrogens (tertiary/aromatic N) is 2. The lowest BCUT2D eigenvalue weighted by atomic mass is 9.81. The first kappa shape index (κ1) is 19.5. The monoisotopic (exact) mass is 425 g/mol. The van der Waals surface area contributed by atoms with Crippen LogP contribution >= 0.6 is 15.9 Å². The molecule has 1 aromatic rings. The van der Waals surface area contributed by atoms with Crippen LogP contribution in [0.15, 0.2) is 27.7 Å². The number of fused-ring (bicyclic) bond motifs is 2. The summed E-state index contributed by atoms with van der Waals surface area (Å²) in [5, 5.41) is 1.53. The standard InChI is InChI=1S/C19H28BrN3O3/c1-6-12(10-18(2,3)24-5)16-11-19(22-17(21)23(4)26-19)14-9-13(20)7-8-15(14)25-16/h7-9,12,16H,6,10-11H2,1-5H3,(H2,21,22). The average molecular weight is 426 g/mol. The van der Waals surface area contributed by atoms with Crippen LogP contribution in [0.3, 0.4) is 0 Å². The number of ether oxygens (including phenoxy) is 2. The normalized spacial score (nSPS) is 26.5. The number of hydrogen-bond donors (Lipinski definition) is 1. The van der Waals surface area contributed by atoms with Gasteiger partial charge in [0.05, 0.1) is 11.2 Å². The number of halogens is 1. The Morgan fingerprint density at radius 3 is 2.81 bits per heavy atom. The number of aliphatic imine (C=N–C) groups is 1. The van der Waals surface area contributed by atoms with Crippen LogP contribution in [0, 0.1) is 5.92 Å².